The summed E-state index contributed by atoms with van der Waals surface area (Å²) in [6, 6.07) is 5.15. The molecule has 0 radical (unpaired) electrons. The van der Waals surface area contributed by atoms with Crippen molar-refractivity contribution in [2.75, 3.05) is 25.1 Å². The van der Waals surface area contributed by atoms with Gasteiger partial charge in [-0.15, -0.1) is 0 Å². The molecule has 0 saturated heterocycles. The number of halogens is 1. The molecule has 5 nitrogen and oxygen atoms in total. The van der Waals surface area contributed by atoms with Gasteiger partial charge >= 0.3 is 0 Å². The van der Waals surface area contributed by atoms with Gasteiger partial charge < -0.3 is 9.64 Å². The van der Waals surface area contributed by atoms with Crippen LogP contribution in [0.1, 0.15) is 20.8 Å². The van der Waals surface area contributed by atoms with Crippen molar-refractivity contribution < 1.29 is 9.66 Å². The molecule has 1 aromatic carbocycles. The Kier molecular flexibility index (Phi) is 6.42. The molecule has 0 aliphatic rings. The molecule has 1 rings (SSSR count). The zero-order valence-electron chi connectivity index (χ0n) is 12.3. The van der Waals surface area contributed by atoms with Gasteiger partial charge in [0, 0.05) is 30.7 Å². The predicted octanol–water partition coefficient (Wildman–Crippen LogP) is 3.85. The molecule has 20 heavy (non-hydrogen) atoms. The molecule has 0 saturated carbocycles. The molecular formula is C14H21BrN2O3. The van der Waals surface area contributed by atoms with Crippen LogP contribution in [-0.4, -0.2) is 31.2 Å². The number of nitrogens with zero attached hydrogens (tertiary/aromatic N) is 2. The van der Waals surface area contributed by atoms with E-state index < -0.39 is 0 Å². The highest BCUT2D eigenvalue weighted by molar-refractivity contribution is 9.10. The Bertz CT molecular complexity index is 466. The predicted molar refractivity (Wildman–Crippen MR) is 84.3 cm³/mol. The lowest BCUT2D eigenvalue weighted by Gasteiger charge is -2.28. The van der Waals surface area contributed by atoms with E-state index in [4.69, 9.17) is 4.74 Å². The average molecular weight is 345 g/mol. The lowest BCUT2D eigenvalue weighted by atomic mass is 10.1. The summed E-state index contributed by atoms with van der Waals surface area (Å²) >= 11 is 3.28. The lowest BCUT2D eigenvalue weighted by molar-refractivity contribution is -0.384. The van der Waals surface area contributed by atoms with Gasteiger partial charge in [-0.2, -0.15) is 0 Å². The molecular weight excluding hydrogens is 324 g/mol. The summed E-state index contributed by atoms with van der Waals surface area (Å²) in [4.78, 5) is 12.9. The van der Waals surface area contributed by atoms with Gasteiger partial charge in [0.05, 0.1) is 11.0 Å². The third-order valence-electron chi connectivity index (χ3n) is 2.94. The Morgan fingerprint density at radius 3 is 2.50 bits per heavy atom. The van der Waals surface area contributed by atoms with Gasteiger partial charge in [0.1, 0.15) is 5.69 Å². The molecule has 0 fully saturated rings. The standard InChI is InChI=1S/C14H21BrN2O3/c1-10(2)8-16(9-11(3)20-4)13-6-5-12(15)7-14(13)17(18)19/h5-7,10-11H,8-9H2,1-4H3. The maximum absolute atomic E-state index is 11.2. The van der Waals surface area contributed by atoms with E-state index in [1.807, 2.05) is 17.9 Å². The number of hydrogen-bond donors (Lipinski definition) is 0. The summed E-state index contributed by atoms with van der Waals surface area (Å²) in [7, 11) is 1.65. The largest absolute Gasteiger partial charge is 0.380 e. The van der Waals surface area contributed by atoms with Crippen LogP contribution in [0.5, 0.6) is 0 Å². The molecule has 1 aromatic rings. The van der Waals surface area contributed by atoms with E-state index in [0.717, 1.165) is 6.54 Å². The van der Waals surface area contributed by atoms with Crippen LogP contribution in [0.3, 0.4) is 0 Å². The van der Waals surface area contributed by atoms with E-state index in [1.54, 1.807) is 19.2 Å². The summed E-state index contributed by atoms with van der Waals surface area (Å²) in [5.41, 5.74) is 0.749. The molecule has 0 N–H and O–H groups in total. The Balaban J connectivity index is 3.15. The Labute approximate surface area is 128 Å². The fraction of sp³-hybridized carbons (Fsp3) is 0.571. The van der Waals surface area contributed by atoms with E-state index in [1.165, 1.54) is 0 Å². The minimum absolute atomic E-state index is 0.0111. The number of methoxy groups -OCH3 is 1. The SMILES string of the molecule is COC(C)CN(CC(C)C)c1ccc(Br)cc1[N+](=O)[O-]. The normalized spacial score (nSPS) is 12.5. The molecule has 0 aliphatic carbocycles. The maximum Gasteiger partial charge on any atom is 0.293 e. The smallest absolute Gasteiger partial charge is 0.293 e. The van der Waals surface area contributed by atoms with Crippen LogP contribution >= 0.6 is 15.9 Å². The average Bonchev–Trinajstić information content (AvgIpc) is 2.37. The van der Waals surface area contributed by atoms with E-state index in [0.29, 0.717) is 22.6 Å². The first-order chi connectivity index (χ1) is 9.35. The first kappa shape index (κ1) is 16.9. The number of benzene rings is 1. The minimum atomic E-state index is -0.342. The molecule has 0 spiro atoms. The van der Waals surface area contributed by atoms with Crippen LogP contribution in [0.4, 0.5) is 11.4 Å². The second kappa shape index (κ2) is 7.59. The van der Waals surface area contributed by atoms with Gasteiger partial charge in [0.15, 0.2) is 0 Å². The molecule has 0 aliphatic heterocycles. The molecule has 0 bridgehead atoms. The van der Waals surface area contributed by atoms with E-state index >= 15 is 0 Å². The molecule has 112 valence electrons. The van der Waals surface area contributed by atoms with Gasteiger partial charge in [0.2, 0.25) is 0 Å². The fourth-order valence-electron chi connectivity index (χ4n) is 2.01. The topological polar surface area (TPSA) is 55.6 Å². The third-order valence-corrected chi connectivity index (χ3v) is 3.43. The number of nitro groups is 1. The Morgan fingerprint density at radius 2 is 2.00 bits per heavy atom. The van der Waals surface area contributed by atoms with Crippen molar-refractivity contribution in [2.45, 2.75) is 26.9 Å². The van der Waals surface area contributed by atoms with E-state index in [9.17, 15) is 10.1 Å². The van der Waals surface area contributed by atoms with E-state index in [2.05, 4.69) is 29.8 Å². The van der Waals surface area contributed by atoms with Crippen molar-refractivity contribution in [3.63, 3.8) is 0 Å². The van der Waals surface area contributed by atoms with Crippen molar-refractivity contribution in [3.05, 3.63) is 32.8 Å². The van der Waals surface area contributed by atoms with Gasteiger partial charge in [-0.1, -0.05) is 29.8 Å². The summed E-state index contributed by atoms with van der Waals surface area (Å²) in [5, 5.41) is 11.2. The summed E-state index contributed by atoms with van der Waals surface area (Å²) in [6.07, 6.45) is 0.0111. The molecule has 0 aromatic heterocycles. The Hall–Kier alpha value is -1.14. The third kappa shape index (κ3) is 4.76. The van der Waals surface area contributed by atoms with Crippen molar-refractivity contribution in [2.24, 2.45) is 5.92 Å². The van der Waals surface area contributed by atoms with Crippen LogP contribution in [0.2, 0.25) is 0 Å². The van der Waals surface area contributed by atoms with Gasteiger partial charge in [0.25, 0.3) is 5.69 Å². The fourth-order valence-corrected chi connectivity index (χ4v) is 2.36. The molecule has 1 atom stereocenters. The quantitative estimate of drug-likeness (QED) is 0.556. The molecule has 1 unspecified atom stereocenters. The molecule has 0 amide bonds. The second-order valence-electron chi connectivity index (χ2n) is 5.24. The minimum Gasteiger partial charge on any atom is -0.380 e. The van der Waals surface area contributed by atoms with Crippen LogP contribution < -0.4 is 4.90 Å². The van der Waals surface area contributed by atoms with Crippen molar-refractivity contribution in [1.29, 1.82) is 0 Å². The summed E-state index contributed by atoms with van der Waals surface area (Å²) in [6.45, 7) is 7.51. The van der Waals surface area contributed by atoms with Crippen molar-refractivity contribution in [3.8, 4) is 0 Å². The second-order valence-corrected chi connectivity index (χ2v) is 6.15. The number of rotatable bonds is 7. The first-order valence-corrected chi connectivity index (χ1v) is 7.36. The van der Waals surface area contributed by atoms with Gasteiger partial charge in [-0.05, 0) is 25.0 Å². The Morgan fingerprint density at radius 1 is 1.35 bits per heavy atom. The number of nitro benzene ring substituents is 1. The summed E-state index contributed by atoms with van der Waals surface area (Å²) < 4.78 is 5.99. The zero-order chi connectivity index (χ0) is 15.3. The number of anilines is 1. The van der Waals surface area contributed by atoms with Gasteiger partial charge in [-0.3, -0.25) is 10.1 Å². The van der Waals surface area contributed by atoms with Crippen molar-refractivity contribution in [1.82, 2.24) is 0 Å². The van der Waals surface area contributed by atoms with Crippen LogP contribution in [0, 0.1) is 16.0 Å². The first-order valence-electron chi connectivity index (χ1n) is 6.56. The van der Waals surface area contributed by atoms with Crippen LogP contribution in [0.15, 0.2) is 22.7 Å². The van der Waals surface area contributed by atoms with Crippen molar-refractivity contribution >= 4 is 27.3 Å². The highest BCUT2D eigenvalue weighted by atomic mass is 79.9. The maximum atomic E-state index is 11.2. The van der Waals surface area contributed by atoms with Crippen LogP contribution in [-0.2, 0) is 4.74 Å². The molecule has 0 heterocycles. The molecule has 6 heteroatoms. The number of hydrogen-bond acceptors (Lipinski definition) is 4. The lowest BCUT2D eigenvalue weighted by Crippen LogP contribution is -2.35. The highest BCUT2D eigenvalue weighted by Crippen LogP contribution is 2.31. The van der Waals surface area contributed by atoms with Crippen LogP contribution in [0.25, 0.3) is 0 Å². The number of ether oxygens (including phenoxy) is 1. The zero-order valence-corrected chi connectivity index (χ0v) is 13.9. The monoisotopic (exact) mass is 344 g/mol. The highest BCUT2D eigenvalue weighted by Gasteiger charge is 2.22. The van der Waals surface area contributed by atoms with E-state index in [-0.39, 0.29) is 16.7 Å². The van der Waals surface area contributed by atoms with Gasteiger partial charge in [-0.25, -0.2) is 0 Å². The summed E-state index contributed by atoms with van der Waals surface area (Å²) in [5.74, 6) is 0.405.